The van der Waals surface area contributed by atoms with Crippen LogP contribution in [-0.4, -0.2) is 41.1 Å². The molecule has 10 heteroatoms. The van der Waals surface area contributed by atoms with Crippen molar-refractivity contribution in [1.29, 1.82) is 0 Å². The molecule has 0 spiro atoms. The molecule has 2 atom stereocenters. The minimum absolute atomic E-state index is 0.00252. The first-order valence-electron chi connectivity index (χ1n) is 13.9. The summed E-state index contributed by atoms with van der Waals surface area (Å²) in [5.41, 5.74) is 2.23. The molecule has 3 aromatic carbocycles. The molecule has 0 saturated carbocycles. The Kier molecular flexibility index (Phi) is 7.32. The number of hydrogen-bond donors (Lipinski definition) is 1. The molecule has 0 bridgehead atoms. The normalized spacial score (nSPS) is 19.3. The summed E-state index contributed by atoms with van der Waals surface area (Å²) in [6.07, 6.45) is 1.46. The first-order valence-corrected chi connectivity index (χ1v) is 14.7. The van der Waals surface area contributed by atoms with Crippen LogP contribution in [0, 0.1) is 5.82 Å². The first-order chi connectivity index (χ1) is 20.3. The molecule has 1 N–H and O–H groups in total. The molecule has 0 unspecified atom stereocenters. The van der Waals surface area contributed by atoms with Crippen molar-refractivity contribution >= 4 is 44.1 Å². The fourth-order valence-corrected chi connectivity index (χ4v) is 6.37. The number of carbonyl (C=O) groups excluding carboxylic acids is 2. The summed E-state index contributed by atoms with van der Waals surface area (Å²) in [6.45, 7) is 6.66. The van der Waals surface area contributed by atoms with Gasteiger partial charge < -0.3 is 19.3 Å². The molecule has 0 aliphatic carbocycles. The standard InChI is InChI=1S/C32H29FN2O6S/c1-4-12-40-24-11-6-18(15-25(24)39-5-2)28-27(29(36)19-7-10-23-20(14-19)13-17(3)41-23)30(37)31(38)35(28)32-34-22-9-8-21(33)16-26(22)42-32/h6-11,14-17,28,36H,4-5,12-13H2,1-3H3/b29-27+/t17-,28-/m1/s1. The third-order valence-electron chi connectivity index (χ3n) is 7.20. The van der Waals surface area contributed by atoms with Gasteiger partial charge in [0.05, 0.1) is 35.0 Å². The van der Waals surface area contributed by atoms with E-state index in [-0.39, 0.29) is 22.6 Å². The number of aliphatic hydroxyl groups is 1. The number of carbonyl (C=O) groups is 2. The highest BCUT2D eigenvalue weighted by atomic mass is 32.1. The number of anilines is 1. The molecule has 4 aromatic rings. The molecule has 2 aliphatic heterocycles. The second kappa shape index (κ2) is 11.1. The molecular formula is C32H29FN2O6S. The molecule has 6 rings (SSSR count). The fraction of sp³-hybridized carbons (Fsp3) is 0.281. The van der Waals surface area contributed by atoms with Gasteiger partial charge in [0.1, 0.15) is 23.4 Å². The van der Waals surface area contributed by atoms with Gasteiger partial charge in [-0.05, 0) is 79.9 Å². The van der Waals surface area contributed by atoms with E-state index in [2.05, 4.69) is 4.98 Å². The first kappa shape index (κ1) is 27.7. The number of rotatable bonds is 8. The summed E-state index contributed by atoms with van der Waals surface area (Å²) in [5, 5.41) is 11.8. The predicted molar refractivity (Wildman–Crippen MR) is 158 cm³/mol. The van der Waals surface area contributed by atoms with Gasteiger partial charge in [-0.3, -0.25) is 14.5 Å². The van der Waals surface area contributed by atoms with Crippen molar-refractivity contribution in [2.24, 2.45) is 0 Å². The lowest BCUT2D eigenvalue weighted by Crippen LogP contribution is -2.29. The Morgan fingerprint density at radius 2 is 1.93 bits per heavy atom. The van der Waals surface area contributed by atoms with E-state index in [1.807, 2.05) is 20.8 Å². The monoisotopic (exact) mass is 588 g/mol. The molecule has 3 heterocycles. The van der Waals surface area contributed by atoms with Crippen LogP contribution in [0.1, 0.15) is 49.9 Å². The van der Waals surface area contributed by atoms with Crippen LogP contribution in [-0.2, 0) is 16.0 Å². The molecule has 216 valence electrons. The molecule has 0 radical (unpaired) electrons. The van der Waals surface area contributed by atoms with Crippen molar-refractivity contribution in [3.05, 3.63) is 82.7 Å². The summed E-state index contributed by atoms with van der Waals surface area (Å²) in [5.74, 6) is -0.732. The van der Waals surface area contributed by atoms with Gasteiger partial charge in [0.2, 0.25) is 0 Å². The lowest BCUT2D eigenvalue weighted by Gasteiger charge is -2.24. The predicted octanol–water partition coefficient (Wildman–Crippen LogP) is 6.57. The van der Waals surface area contributed by atoms with Gasteiger partial charge >= 0.3 is 5.91 Å². The molecule has 1 fully saturated rings. The summed E-state index contributed by atoms with van der Waals surface area (Å²) in [7, 11) is 0. The van der Waals surface area contributed by atoms with E-state index in [1.54, 1.807) is 36.4 Å². The molecular weight excluding hydrogens is 559 g/mol. The van der Waals surface area contributed by atoms with E-state index < -0.39 is 23.5 Å². The van der Waals surface area contributed by atoms with E-state index in [0.717, 1.165) is 29.1 Å². The third kappa shape index (κ3) is 4.85. The van der Waals surface area contributed by atoms with E-state index in [4.69, 9.17) is 14.2 Å². The fourth-order valence-electron chi connectivity index (χ4n) is 5.35. The number of Topliss-reactive ketones (excluding diaryl/α,β-unsaturated/α-hetero) is 1. The number of amides is 1. The zero-order valence-corrected chi connectivity index (χ0v) is 24.2. The number of ether oxygens (including phenoxy) is 3. The topological polar surface area (TPSA) is 98.2 Å². The highest BCUT2D eigenvalue weighted by Gasteiger charge is 2.48. The van der Waals surface area contributed by atoms with E-state index in [9.17, 15) is 19.1 Å². The van der Waals surface area contributed by atoms with Crippen molar-refractivity contribution in [3.8, 4) is 17.2 Å². The Morgan fingerprint density at radius 3 is 2.71 bits per heavy atom. The van der Waals surface area contributed by atoms with Crippen molar-refractivity contribution in [2.75, 3.05) is 18.1 Å². The van der Waals surface area contributed by atoms with Crippen LogP contribution in [0.2, 0.25) is 0 Å². The number of ketones is 1. The number of hydrogen-bond acceptors (Lipinski definition) is 8. The second-order valence-electron chi connectivity index (χ2n) is 10.2. The number of nitrogens with zero attached hydrogens (tertiary/aromatic N) is 2. The van der Waals surface area contributed by atoms with Crippen molar-refractivity contribution in [2.45, 2.75) is 45.8 Å². The Hall–Kier alpha value is -4.44. The molecule has 42 heavy (non-hydrogen) atoms. The van der Waals surface area contributed by atoms with Gasteiger partial charge in [0.15, 0.2) is 16.6 Å². The van der Waals surface area contributed by atoms with Crippen molar-refractivity contribution in [1.82, 2.24) is 4.98 Å². The average Bonchev–Trinajstić information content (AvgIpc) is 3.63. The van der Waals surface area contributed by atoms with Crippen LogP contribution in [0.15, 0.2) is 60.2 Å². The van der Waals surface area contributed by atoms with E-state index >= 15 is 0 Å². The Labute approximate surface area is 246 Å². The van der Waals surface area contributed by atoms with Crippen LogP contribution >= 0.6 is 11.3 Å². The lowest BCUT2D eigenvalue weighted by atomic mass is 9.94. The molecule has 1 aromatic heterocycles. The molecule has 1 amide bonds. The van der Waals surface area contributed by atoms with Crippen LogP contribution in [0.25, 0.3) is 16.0 Å². The smallest absolute Gasteiger partial charge is 0.301 e. The summed E-state index contributed by atoms with van der Waals surface area (Å²) in [6, 6.07) is 13.5. The minimum atomic E-state index is -1.03. The zero-order chi connectivity index (χ0) is 29.5. The van der Waals surface area contributed by atoms with Crippen LogP contribution in [0.4, 0.5) is 9.52 Å². The van der Waals surface area contributed by atoms with Gasteiger partial charge in [0.25, 0.3) is 5.78 Å². The second-order valence-corrected chi connectivity index (χ2v) is 11.2. The molecule has 2 aliphatic rings. The quantitative estimate of drug-likeness (QED) is 0.141. The largest absolute Gasteiger partial charge is 0.507 e. The van der Waals surface area contributed by atoms with Crippen LogP contribution < -0.4 is 19.1 Å². The Balaban J connectivity index is 1.53. The van der Waals surface area contributed by atoms with E-state index in [1.165, 1.54) is 23.1 Å². The van der Waals surface area contributed by atoms with E-state index in [0.29, 0.717) is 52.5 Å². The maximum absolute atomic E-state index is 14.0. The van der Waals surface area contributed by atoms with Gasteiger partial charge in [0, 0.05) is 12.0 Å². The van der Waals surface area contributed by atoms with Crippen LogP contribution in [0.5, 0.6) is 17.2 Å². The number of benzene rings is 3. The summed E-state index contributed by atoms with van der Waals surface area (Å²) < 4.78 is 32.0. The highest BCUT2D eigenvalue weighted by molar-refractivity contribution is 7.22. The summed E-state index contributed by atoms with van der Waals surface area (Å²) in [4.78, 5) is 33.2. The maximum atomic E-state index is 14.0. The molecule has 1 saturated heterocycles. The number of halogens is 1. The molecule has 8 nitrogen and oxygen atoms in total. The van der Waals surface area contributed by atoms with Gasteiger partial charge in [-0.25, -0.2) is 9.37 Å². The van der Waals surface area contributed by atoms with Crippen molar-refractivity contribution < 1.29 is 33.3 Å². The Bertz CT molecular complexity index is 1750. The van der Waals surface area contributed by atoms with Gasteiger partial charge in [-0.1, -0.05) is 24.3 Å². The zero-order valence-electron chi connectivity index (χ0n) is 23.3. The highest BCUT2D eigenvalue weighted by Crippen LogP contribution is 2.46. The van der Waals surface area contributed by atoms with Gasteiger partial charge in [-0.2, -0.15) is 0 Å². The minimum Gasteiger partial charge on any atom is -0.507 e. The number of thiazole rings is 1. The van der Waals surface area contributed by atoms with Gasteiger partial charge in [-0.15, -0.1) is 0 Å². The van der Waals surface area contributed by atoms with Crippen molar-refractivity contribution in [3.63, 3.8) is 0 Å². The van der Waals surface area contributed by atoms with Crippen LogP contribution in [0.3, 0.4) is 0 Å². The number of aromatic nitrogens is 1. The summed E-state index contributed by atoms with van der Waals surface area (Å²) >= 11 is 1.09. The average molecular weight is 589 g/mol. The maximum Gasteiger partial charge on any atom is 0.301 e. The SMILES string of the molecule is CCCOc1ccc([C@@H]2/C(=C(\O)c3ccc4c(c3)C[C@@H](C)O4)C(=O)C(=O)N2c2nc3ccc(F)cc3s2)cc1OCC. The number of fused-ring (bicyclic) bond motifs is 2. The Morgan fingerprint density at radius 1 is 1.10 bits per heavy atom. The lowest BCUT2D eigenvalue weighted by molar-refractivity contribution is -0.132. The number of aliphatic hydroxyl groups excluding tert-OH is 1. The third-order valence-corrected chi connectivity index (χ3v) is 8.22.